The van der Waals surface area contributed by atoms with Crippen LogP contribution in [0.1, 0.15) is 6.92 Å². The Balaban J connectivity index is 2.97. The van der Waals surface area contributed by atoms with E-state index in [-0.39, 0.29) is 16.4 Å². The van der Waals surface area contributed by atoms with E-state index in [4.69, 9.17) is 9.88 Å². The van der Waals surface area contributed by atoms with Gasteiger partial charge in [0, 0.05) is 13.2 Å². The van der Waals surface area contributed by atoms with Crippen molar-refractivity contribution < 1.29 is 21.6 Å². The van der Waals surface area contributed by atoms with Crippen molar-refractivity contribution in [3.63, 3.8) is 0 Å². The maximum absolute atomic E-state index is 11.9. The Morgan fingerprint density at radius 1 is 1.16 bits per heavy atom. The summed E-state index contributed by atoms with van der Waals surface area (Å²) >= 11 is 0. The third-order valence-corrected chi connectivity index (χ3v) is 4.77. The van der Waals surface area contributed by atoms with Gasteiger partial charge in [0.25, 0.3) is 0 Å². The third kappa shape index (κ3) is 4.55. The van der Waals surface area contributed by atoms with Crippen LogP contribution in [-0.2, 0) is 24.8 Å². The standard InChI is InChI=1S/C10H16N2O5S2/c1-8(7-17-2)12-19(15,16)10-5-3-9(4-6-10)18(11,13)14/h3-6,8,12H,7H2,1-2H3,(H2,11,13,14)/t8-/m1/s1. The molecule has 0 fully saturated rings. The van der Waals surface area contributed by atoms with Gasteiger partial charge in [0.05, 0.1) is 16.4 Å². The second-order valence-electron chi connectivity index (χ2n) is 3.99. The van der Waals surface area contributed by atoms with Gasteiger partial charge < -0.3 is 4.74 Å². The summed E-state index contributed by atoms with van der Waals surface area (Å²) in [5.41, 5.74) is 0. The van der Waals surface area contributed by atoms with Crippen LogP contribution in [0.5, 0.6) is 0 Å². The predicted molar refractivity (Wildman–Crippen MR) is 69.5 cm³/mol. The van der Waals surface area contributed by atoms with Gasteiger partial charge >= 0.3 is 0 Å². The van der Waals surface area contributed by atoms with Crippen LogP contribution in [0.2, 0.25) is 0 Å². The summed E-state index contributed by atoms with van der Waals surface area (Å²) in [7, 11) is -6.08. The van der Waals surface area contributed by atoms with Crippen LogP contribution in [-0.4, -0.2) is 36.6 Å². The van der Waals surface area contributed by atoms with Crippen molar-refractivity contribution in [2.45, 2.75) is 22.8 Å². The summed E-state index contributed by atoms with van der Waals surface area (Å²) < 4.78 is 53.2. The van der Waals surface area contributed by atoms with Crippen LogP contribution in [0.15, 0.2) is 34.1 Å². The van der Waals surface area contributed by atoms with Crippen LogP contribution in [0, 0.1) is 0 Å². The van der Waals surface area contributed by atoms with Gasteiger partial charge in [-0.1, -0.05) is 0 Å². The number of nitrogens with one attached hydrogen (secondary N) is 1. The highest BCUT2D eigenvalue weighted by Gasteiger charge is 2.18. The van der Waals surface area contributed by atoms with E-state index in [9.17, 15) is 16.8 Å². The monoisotopic (exact) mass is 308 g/mol. The maximum Gasteiger partial charge on any atom is 0.240 e. The summed E-state index contributed by atoms with van der Waals surface area (Å²) in [4.78, 5) is -0.181. The van der Waals surface area contributed by atoms with E-state index >= 15 is 0 Å². The Labute approximate surface area is 112 Å². The first-order valence-corrected chi connectivity index (χ1v) is 8.34. The second-order valence-corrected chi connectivity index (χ2v) is 7.27. The smallest absolute Gasteiger partial charge is 0.240 e. The Bertz CT molecular complexity index is 622. The van der Waals surface area contributed by atoms with Gasteiger partial charge in [-0.3, -0.25) is 0 Å². The topological polar surface area (TPSA) is 116 Å². The minimum atomic E-state index is -3.83. The van der Waals surface area contributed by atoms with Crippen LogP contribution >= 0.6 is 0 Å². The zero-order valence-electron chi connectivity index (χ0n) is 10.5. The molecule has 0 aliphatic heterocycles. The molecule has 0 saturated carbocycles. The molecule has 0 amide bonds. The summed E-state index contributed by atoms with van der Waals surface area (Å²) in [5, 5.41) is 4.93. The highest BCUT2D eigenvalue weighted by atomic mass is 32.2. The lowest BCUT2D eigenvalue weighted by molar-refractivity contribution is 0.180. The number of methoxy groups -OCH3 is 1. The van der Waals surface area contributed by atoms with Gasteiger partial charge in [0.15, 0.2) is 0 Å². The minimum Gasteiger partial charge on any atom is -0.383 e. The first-order chi connectivity index (χ1) is 8.66. The molecule has 7 nitrogen and oxygen atoms in total. The molecule has 0 radical (unpaired) electrons. The average molecular weight is 308 g/mol. The van der Waals surface area contributed by atoms with Gasteiger partial charge in [0.2, 0.25) is 20.0 Å². The molecule has 1 rings (SSSR count). The van der Waals surface area contributed by atoms with Gasteiger partial charge in [-0.05, 0) is 31.2 Å². The predicted octanol–water partition coefficient (Wildman–Crippen LogP) is -0.353. The zero-order valence-corrected chi connectivity index (χ0v) is 12.2. The molecule has 0 aliphatic rings. The van der Waals surface area contributed by atoms with Gasteiger partial charge in [-0.25, -0.2) is 26.7 Å². The molecule has 1 aromatic rings. The number of hydrogen-bond donors (Lipinski definition) is 2. The molecule has 3 N–H and O–H groups in total. The van der Waals surface area contributed by atoms with E-state index in [1.165, 1.54) is 19.2 Å². The Hall–Kier alpha value is -1.00. The minimum absolute atomic E-state index is 0.0390. The van der Waals surface area contributed by atoms with Crippen LogP contribution < -0.4 is 9.86 Å². The summed E-state index contributed by atoms with van der Waals surface area (Å²) in [6, 6.07) is 4.26. The molecular formula is C10H16N2O5S2. The Kier molecular flexibility index (Phi) is 5.04. The van der Waals surface area contributed by atoms with Crippen LogP contribution in [0.4, 0.5) is 0 Å². The Morgan fingerprint density at radius 2 is 1.63 bits per heavy atom. The largest absolute Gasteiger partial charge is 0.383 e. The normalized spacial score (nSPS) is 14.3. The number of nitrogens with two attached hydrogens (primary N) is 1. The number of hydrogen-bond acceptors (Lipinski definition) is 5. The summed E-state index contributed by atoms with van der Waals surface area (Å²) in [6.45, 7) is 1.88. The number of benzene rings is 1. The lowest BCUT2D eigenvalue weighted by Crippen LogP contribution is -2.35. The molecule has 0 aliphatic carbocycles. The number of sulfonamides is 2. The fourth-order valence-electron chi connectivity index (χ4n) is 1.43. The fourth-order valence-corrected chi connectivity index (χ4v) is 3.17. The van der Waals surface area contributed by atoms with E-state index in [1.807, 2.05) is 0 Å². The van der Waals surface area contributed by atoms with Crippen LogP contribution in [0.25, 0.3) is 0 Å². The quantitative estimate of drug-likeness (QED) is 0.745. The Morgan fingerprint density at radius 3 is 2.05 bits per heavy atom. The number of rotatable bonds is 6. The van der Waals surface area contributed by atoms with Crippen molar-refractivity contribution in [3.05, 3.63) is 24.3 Å². The van der Waals surface area contributed by atoms with Crippen LogP contribution in [0.3, 0.4) is 0 Å². The molecule has 0 aromatic heterocycles. The van der Waals surface area contributed by atoms with Crippen molar-refractivity contribution in [2.75, 3.05) is 13.7 Å². The summed E-state index contributed by atoms with van der Waals surface area (Å²) in [5.74, 6) is 0. The highest BCUT2D eigenvalue weighted by Crippen LogP contribution is 2.13. The number of ether oxygens (including phenoxy) is 1. The van der Waals surface area contributed by atoms with E-state index in [2.05, 4.69) is 4.72 Å². The lowest BCUT2D eigenvalue weighted by Gasteiger charge is -2.13. The van der Waals surface area contributed by atoms with E-state index < -0.39 is 26.1 Å². The van der Waals surface area contributed by atoms with Crippen molar-refractivity contribution in [1.29, 1.82) is 0 Å². The second kappa shape index (κ2) is 5.97. The molecule has 0 unspecified atom stereocenters. The molecular weight excluding hydrogens is 292 g/mol. The van der Waals surface area contributed by atoms with Crippen molar-refractivity contribution in [2.24, 2.45) is 5.14 Å². The van der Waals surface area contributed by atoms with E-state index in [1.54, 1.807) is 6.92 Å². The van der Waals surface area contributed by atoms with E-state index in [0.29, 0.717) is 0 Å². The van der Waals surface area contributed by atoms with Crippen molar-refractivity contribution in [1.82, 2.24) is 4.72 Å². The molecule has 0 spiro atoms. The third-order valence-electron chi connectivity index (χ3n) is 2.24. The SMILES string of the molecule is COC[C@@H](C)NS(=O)(=O)c1ccc(S(N)(=O)=O)cc1. The molecule has 0 saturated heterocycles. The van der Waals surface area contributed by atoms with Gasteiger partial charge in [-0.2, -0.15) is 0 Å². The fraction of sp³-hybridized carbons (Fsp3) is 0.400. The van der Waals surface area contributed by atoms with Crippen molar-refractivity contribution >= 4 is 20.0 Å². The average Bonchev–Trinajstić information content (AvgIpc) is 2.27. The highest BCUT2D eigenvalue weighted by molar-refractivity contribution is 7.89. The molecule has 1 atom stereocenters. The van der Waals surface area contributed by atoms with Gasteiger partial charge in [0.1, 0.15) is 0 Å². The molecule has 108 valence electrons. The van der Waals surface area contributed by atoms with E-state index in [0.717, 1.165) is 12.1 Å². The first kappa shape index (κ1) is 16.1. The molecule has 0 heterocycles. The van der Waals surface area contributed by atoms with Gasteiger partial charge in [-0.15, -0.1) is 0 Å². The summed E-state index contributed by atoms with van der Waals surface area (Å²) in [6.07, 6.45) is 0. The maximum atomic E-state index is 11.9. The first-order valence-electron chi connectivity index (χ1n) is 5.31. The molecule has 1 aromatic carbocycles. The zero-order chi connectivity index (χ0) is 14.7. The molecule has 0 bridgehead atoms. The molecule has 19 heavy (non-hydrogen) atoms. The lowest BCUT2D eigenvalue weighted by atomic mass is 10.4. The van der Waals surface area contributed by atoms with Crippen molar-refractivity contribution in [3.8, 4) is 0 Å². The molecule has 9 heteroatoms. The number of primary sulfonamides is 1.